The Hall–Kier alpha value is -0.530. The highest BCUT2D eigenvalue weighted by molar-refractivity contribution is 5.69. The van der Waals surface area contributed by atoms with E-state index in [2.05, 4.69) is 13.8 Å². The molecule has 0 aromatic rings. The maximum absolute atomic E-state index is 11.7. The van der Waals surface area contributed by atoms with Crippen LogP contribution in [0.4, 0.5) is 0 Å². The van der Waals surface area contributed by atoms with Gasteiger partial charge in [0.15, 0.2) is 0 Å². The Kier molecular flexibility index (Phi) is 7.75. The van der Waals surface area contributed by atoms with Gasteiger partial charge in [-0.25, -0.2) is 0 Å². The van der Waals surface area contributed by atoms with Gasteiger partial charge in [0.05, 0.1) is 0 Å². The van der Waals surface area contributed by atoms with Gasteiger partial charge < -0.3 is 4.74 Å². The molecule has 0 atom stereocenters. The summed E-state index contributed by atoms with van der Waals surface area (Å²) in [6.45, 7) is 4.43. The molecule has 2 nitrogen and oxygen atoms in total. The highest BCUT2D eigenvalue weighted by atomic mass is 16.5. The van der Waals surface area contributed by atoms with Gasteiger partial charge in [-0.15, -0.1) is 0 Å². The zero-order valence-electron chi connectivity index (χ0n) is 14.8. The third kappa shape index (κ3) is 5.59. The summed E-state index contributed by atoms with van der Waals surface area (Å²) in [7, 11) is 0. The van der Waals surface area contributed by atoms with E-state index in [-0.39, 0.29) is 12.1 Å². The predicted octanol–water partition coefficient (Wildman–Crippen LogP) is 5.89. The van der Waals surface area contributed by atoms with E-state index < -0.39 is 0 Å². The van der Waals surface area contributed by atoms with Crippen molar-refractivity contribution < 1.29 is 9.53 Å². The molecule has 2 aliphatic rings. The SMILES string of the molecule is CCCCC(=O)OC1CCC(C2CCC(CCC)CC2)CC1. The fraction of sp³-hybridized carbons (Fsp3) is 0.950. The summed E-state index contributed by atoms with van der Waals surface area (Å²) in [6, 6.07) is 0. The number of rotatable bonds is 7. The van der Waals surface area contributed by atoms with E-state index in [1.54, 1.807) is 0 Å². The Labute approximate surface area is 137 Å². The summed E-state index contributed by atoms with van der Waals surface area (Å²) in [6.07, 6.45) is 16.3. The third-order valence-electron chi connectivity index (χ3n) is 6.01. The highest BCUT2D eigenvalue weighted by Crippen LogP contribution is 2.41. The predicted molar refractivity (Wildman–Crippen MR) is 91.7 cm³/mol. The molecule has 2 fully saturated rings. The largest absolute Gasteiger partial charge is 0.462 e. The van der Waals surface area contributed by atoms with Crippen LogP contribution in [-0.2, 0) is 9.53 Å². The third-order valence-corrected chi connectivity index (χ3v) is 6.01. The molecule has 0 bridgehead atoms. The van der Waals surface area contributed by atoms with Crippen LogP contribution in [-0.4, -0.2) is 12.1 Å². The van der Waals surface area contributed by atoms with Gasteiger partial charge in [0.25, 0.3) is 0 Å². The monoisotopic (exact) mass is 308 g/mol. The van der Waals surface area contributed by atoms with Crippen molar-refractivity contribution in [1.29, 1.82) is 0 Å². The van der Waals surface area contributed by atoms with E-state index in [4.69, 9.17) is 4.74 Å². The fourth-order valence-electron chi connectivity index (χ4n) is 4.60. The minimum atomic E-state index is 0.0328. The molecule has 2 aliphatic carbocycles. The molecule has 0 spiro atoms. The summed E-state index contributed by atoms with van der Waals surface area (Å²) in [5.41, 5.74) is 0. The Balaban J connectivity index is 1.64. The summed E-state index contributed by atoms with van der Waals surface area (Å²) in [4.78, 5) is 11.7. The van der Waals surface area contributed by atoms with Gasteiger partial charge in [0, 0.05) is 6.42 Å². The molecule has 0 N–H and O–H groups in total. The summed E-state index contributed by atoms with van der Waals surface area (Å²) in [5, 5.41) is 0. The number of hydrogen-bond donors (Lipinski definition) is 0. The summed E-state index contributed by atoms with van der Waals surface area (Å²) in [5.74, 6) is 2.92. The van der Waals surface area contributed by atoms with Crippen molar-refractivity contribution in [2.24, 2.45) is 17.8 Å². The van der Waals surface area contributed by atoms with E-state index in [1.165, 1.54) is 51.4 Å². The number of unbranched alkanes of at least 4 members (excludes halogenated alkanes) is 1. The van der Waals surface area contributed by atoms with E-state index >= 15 is 0 Å². The molecule has 0 heterocycles. The Morgan fingerprint density at radius 2 is 1.45 bits per heavy atom. The van der Waals surface area contributed by atoms with Crippen LogP contribution in [0.25, 0.3) is 0 Å². The summed E-state index contributed by atoms with van der Waals surface area (Å²) >= 11 is 0. The molecule has 0 saturated heterocycles. The van der Waals surface area contributed by atoms with Crippen LogP contribution in [0.1, 0.15) is 97.3 Å². The number of ether oxygens (including phenoxy) is 1. The van der Waals surface area contributed by atoms with Crippen molar-refractivity contribution in [2.45, 2.75) is 103 Å². The van der Waals surface area contributed by atoms with Crippen LogP contribution in [0.3, 0.4) is 0 Å². The second kappa shape index (κ2) is 9.57. The smallest absolute Gasteiger partial charge is 0.306 e. The van der Waals surface area contributed by atoms with Crippen LogP contribution in [0.2, 0.25) is 0 Å². The van der Waals surface area contributed by atoms with Gasteiger partial charge in [-0.2, -0.15) is 0 Å². The molecule has 2 rings (SSSR count). The normalized spacial score (nSPS) is 32.6. The van der Waals surface area contributed by atoms with Crippen molar-refractivity contribution in [1.82, 2.24) is 0 Å². The maximum Gasteiger partial charge on any atom is 0.306 e. The van der Waals surface area contributed by atoms with Crippen LogP contribution >= 0.6 is 0 Å². The summed E-state index contributed by atoms with van der Waals surface area (Å²) < 4.78 is 5.64. The molecule has 128 valence electrons. The molecule has 2 heteroatoms. The molecule has 0 radical (unpaired) electrons. The van der Waals surface area contributed by atoms with E-state index in [1.807, 2.05) is 0 Å². The first-order chi connectivity index (χ1) is 10.7. The number of carbonyl (C=O) groups is 1. The topological polar surface area (TPSA) is 26.3 Å². The molecule has 2 saturated carbocycles. The zero-order chi connectivity index (χ0) is 15.8. The first kappa shape index (κ1) is 17.8. The van der Waals surface area contributed by atoms with Crippen molar-refractivity contribution in [3.63, 3.8) is 0 Å². The van der Waals surface area contributed by atoms with Gasteiger partial charge >= 0.3 is 5.97 Å². The van der Waals surface area contributed by atoms with Gasteiger partial charge in [-0.3, -0.25) is 4.79 Å². The lowest BCUT2D eigenvalue weighted by molar-refractivity contribution is -0.151. The van der Waals surface area contributed by atoms with Crippen LogP contribution in [0.15, 0.2) is 0 Å². The minimum absolute atomic E-state index is 0.0328. The number of esters is 1. The number of carbonyl (C=O) groups excluding carboxylic acids is 1. The van der Waals surface area contributed by atoms with Gasteiger partial charge in [-0.1, -0.05) is 46.0 Å². The average molecular weight is 309 g/mol. The standard InChI is InChI=1S/C20H36O2/c1-3-5-7-20(21)22-19-14-12-18(13-15-19)17-10-8-16(6-4-2)9-11-17/h16-19H,3-15H2,1-2H3. The first-order valence-electron chi connectivity index (χ1n) is 9.92. The molecule has 0 aliphatic heterocycles. The lowest BCUT2D eigenvalue weighted by Crippen LogP contribution is -2.29. The van der Waals surface area contributed by atoms with Gasteiger partial charge in [0.1, 0.15) is 6.10 Å². The minimum Gasteiger partial charge on any atom is -0.462 e. The zero-order valence-corrected chi connectivity index (χ0v) is 14.8. The van der Waals surface area contributed by atoms with E-state index in [0.29, 0.717) is 6.42 Å². The molecular weight excluding hydrogens is 272 g/mol. The average Bonchev–Trinajstić information content (AvgIpc) is 2.55. The van der Waals surface area contributed by atoms with Crippen molar-refractivity contribution in [2.75, 3.05) is 0 Å². The molecule has 0 aromatic heterocycles. The van der Waals surface area contributed by atoms with Gasteiger partial charge in [0.2, 0.25) is 0 Å². The molecule has 0 unspecified atom stereocenters. The van der Waals surface area contributed by atoms with Crippen LogP contribution < -0.4 is 0 Å². The lowest BCUT2D eigenvalue weighted by atomic mass is 9.70. The molecule has 0 amide bonds. The molecule has 22 heavy (non-hydrogen) atoms. The van der Waals surface area contributed by atoms with Crippen molar-refractivity contribution >= 4 is 5.97 Å². The van der Waals surface area contributed by atoms with Crippen LogP contribution in [0.5, 0.6) is 0 Å². The van der Waals surface area contributed by atoms with Crippen molar-refractivity contribution in [3.8, 4) is 0 Å². The number of hydrogen-bond acceptors (Lipinski definition) is 2. The highest BCUT2D eigenvalue weighted by Gasteiger charge is 2.31. The maximum atomic E-state index is 11.7. The van der Waals surface area contributed by atoms with E-state index in [0.717, 1.165) is 43.4 Å². The quantitative estimate of drug-likeness (QED) is 0.548. The molecular formula is C20H36O2. The second-order valence-corrected chi connectivity index (χ2v) is 7.70. The fourth-order valence-corrected chi connectivity index (χ4v) is 4.60. The Bertz CT molecular complexity index is 310. The first-order valence-corrected chi connectivity index (χ1v) is 9.92. The van der Waals surface area contributed by atoms with Gasteiger partial charge in [-0.05, 0) is 62.7 Å². The lowest BCUT2D eigenvalue weighted by Gasteiger charge is -2.37. The van der Waals surface area contributed by atoms with Crippen molar-refractivity contribution in [3.05, 3.63) is 0 Å². The van der Waals surface area contributed by atoms with E-state index in [9.17, 15) is 4.79 Å². The Morgan fingerprint density at radius 1 is 0.864 bits per heavy atom. The van der Waals surface area contributed by atoms with Crippen LogP contribution in [0, 0.1) is 17.8 Å². The molecule has 0 aromatic carbocycles. The Morgan fingerprint density at radius 3 is 2.00 bits per heavy atom. The second-order valence-electron chi connectivity index (χ2n) is 7.70.